The molecule has 1 saturated heterocycles. The first-order chi connectivity index (χ1) is 15.3. The highest BCUT2D eigenvalue weighted by molar-refractivity contribution is 8.00. The van der Waals surface area contributed by atoms with E-state index in [1.54, 1.807) is 31.2 Å². The van der Waals surface area contributed by atoms with Crippen molar-refractivity contribution in [3.63, 3.8) is 0 Å². The predicted octanol–water partition coefficient (Wildman–Crippen LogP) is 4.40. The number of carbonyl (C=O) groups excluding carboxylic acids is 1. The Morgan fingerprint density at radius 3 is 2.34 bits per heavy atom. The fraction of sp³-hybridized carbons (Fsp3) is 0.333. The number of nitrogens with zero attached hydrogens (tertiary/aromatic N) is 2. The summed E-state index contributed by atoms with van der Waals surface area (Å²) in [5.41, 5.74) is 2.28. The molecule has 1 fully saturated rings. The highest BCUT2D eigenvalue weighted by Gasteiger charge is 2.35. The number of amidine groups is 1. The Bertz CT molecular complexity index is 1170. The molecule has 168 valence electrons. The van der Waals surface area contributed by atoms with Crippen molar-refractivity contribution >= 4 is 38.3 Å². The van der Waals surface area contributed by atoms with Crippen molar-refractivity contribution in [2.45, 2.75) is 32.7 Å². The monoisotopic (exact) mass is 471 g/mol. The lowest BCUT2D eigenvalue weighted by Gasteiger charge is -2.33. The molecule has 32 heavy (non-hydrogen) atoms. The quantitative estimate of drug-likeness (QED) is 0.716. The maximum absolute atomic E-state index is 12.8. The second-order valence-corrected chi connectivity index (χ2v) is 10.2. The van der Waals surface area contributed by atoms with Crippen LogP contribution in [0.3, 0.4) is 0 Å². The van der Waals surface area contributed by atoms with Gasteiger partial charge >= 0.3 is 0 Å². The van der Waals surface area contributed by atoms with Crippen molar-refractivity contribution in [2.75, 3.05) is 13.1 Å². The van der Waals surface area contributed by atoms with E-state index in [1.165, 1.54) is 0 Å². The van der Waals surface area contributed by atoms with Gasteiger partial charge in [0.1, 0.15) is 10.7 Å². The summed E-state index contributed by atoms with van der Waals surface area (Å²) in [4.78, 5) is 15.0. The number of piperidine rings is 1. The largest absolute Gasteiger partial charge is 0.356 e. The van der Waals surface area contributed by atoms with Gasteiger partial charge in [0, 0.05) is 29.6 Å². The number of hydrogen-bond acceptors (Lipinski definition) is 4. The Labute approximate surface area is 194 Å². The van der Waals surface area contributed by atoms with Gasteiger partial charge in [0.25, 0.3) is 10.0 Å². The number of hydrogen-bond donors (Lipinski definition) is 1. The number of nitrogens with one attached hydrogen (secondary N) is 1. The zero-order chi connectivity index (χ0) is 22.9. The first-order valence-electron chi connectivity index (χ1n) is 10.7. The van der Waals surface area contributed by atoms with Crippen LogP contribution in [0.1, 0.15) is 43.9 Å². The van der Waals surface area contributed by atoms with Gasteiger partial charge in [-0.3, -0.25) is 4.79 Å². The lowest BCUT2D eigenvalue weighted by atomic mass is 9.94. The number of amides is 1. The minimum Gasteiger partial charge on any atom is -0.356 e. The molecule has 2 heterocycles. The molecule has 1 amide bonds. The number of halogens is 1. The van der Waals surface area contributed by atoms with E-state index in [1.807, 2.05) is 42.2 Å². The van der Waals surface area contributed by atoms with Crippen molar-refractivity contribution in [2.24, 2.45) is 10.3 Å². The Morgan fingerprint density at radius 1 is 1.09 bits per heavy atom. The maximum Gasteiger partial charge on any atom is 0.285 e. The number of sulfonamides is 1. The average molecular weight is 472 g/mol. The average Bonchev–Trinajstić information content (AvgIpc) is 3.03. The van der Waals surface area contributed by atoms with E-state index in [-0.39, 0.29) is 22.8 Å². The van der Waals surface area contributed by atoms with Gasteiger partial charge in [-0.25, -0.2) is 0 Å². The molecule has 8 heteroatoms. The maximum atomic E-state index is 12.8. The third-order valence-corrected chi connectivity index (χ3v) is 7.79. The molecule has 0 saturated carbocycles. The molecule has 0 radical (unpaired) electrons. The third kappa shape index (κ3) is 4.59. The Balaban J connectivity index is 1.43. The molecular weight excluding hydrogens is 446 g/mol. The summed E-state index contributed by atoms with van der Waals surface area (Å²) < 4.78 is 29.6. The standard InChI is InChI=1S/C24H26ClN3O3S/c1-16-22(19-8-10-21(25)11-9-19)32(30,31)27-23(16)28-14-12-20(13-15-28)24(29)26-17(2)18-6-4-3-5-7-18/h3-11,17,20H,12-15H2,1-2H3,(H,26,29)/t17-/m1/s1. The lowest BCUT2D eigenvalue weighted by Crippen LogP contribution is -2.43. The SMILES string of the molecule is CC1=C(c2ccc(Cl)cc2)S(=O)(=O)N=C1N1CCC(C(=O)N[C@H](C)c2ccccc2)CC1. The van der Waals surface area contributed by atoms with Gasteiger partial charge in [-0.2, -0.15) is 8.42 Å². The molecule has 0 aromatic heterocycles. The van der Waals surface area contributed by atoms with E-state index in [9.17, 15) is 13.2 Å². The van der Waals surface area contributed by atoms with Gasteiger partial charge < -0.3 is 10.2 Å². The van der Waals surface area contributed by atoms with E-state index < -0.39 is 10.0 Å². The van der Waals surface area contributed by atoms with E-state index in [4.69, 9.17) is 11.6 Å². The normalized spacial score (nSPS) is 19.6. The predicted molar refractivity (Wildman–Crippen MR) is 128 cm³/mol. The Kier molecular flexibility index (Phi) is 6.40. The molecule has 0 aliphatic carbocycles. The summed E-state index contributed by atoms with van der Waals surface area (Å²) in [6.45, 7) is 4.93. The van der Waals surface area contributed by atoms with E-state index >= 15 is 0 Å². The molecule has 4 rings (SSSR count). The molecule has 2 aliphatic rings. The van der Waals surface area contributed by atoms with Crippen LogP contribution < -0.4 is 5.32 Å². The second kappa shape index (κ2) is 9.08. The fourth-order valence-electron chi connectivity index (χ4n) is 4.29. The number of rotatable bonds is 4. The van der Waals surface area contributed by atoms with Gasteiger partial charge in [-0.15, -0.1) is 4.40 Å². The number of likely N-dealkylation sites (tertiary alicyclic amines) is 1. The summed E-state index contributed by atoms with van der Waals surface area (Å²) in [6, 6.07) is 16.5. The second-order valence-electron chi connectivity index (χ2n) is 8.25. The highest BCUT2D eigenvalue weighted by Crippen LogP contribution is 2.35. The molecule has 0 bridgehead atoms. The van der Waals surface area contributed by atoms with Crippen molar-refractivity contribution in [3.8, 4) is 0 Å². The molecule has 2 aliphatic heterocycles. The first-order valence-corrected chi connectivity index (χ1v) is 12.5. The first kappa shape index (κ1) is 22.6. The van der Waals surface area contributed by atoms with Crippen molar-refractivity contribution in [1.82, 2.24) is 10.2 Å². The summed E-state index contributed by atoms with van der Waals surface area (Å²) in [7, 11) is -3.77. The molecule has 1 N–H and O–H groups in total. The van der Waals surface area contributed by atoms with Gasteiger partial charge in [-0.1, -0.05) is 54.1 Å². The number of carbonyl (C=O) groups is 1. The zero-order valence-corrected chi connectivity index (χ0v) is 19.7. The van der Waals surface area contributed by atoms with E-state index in [0.717, 1.165) is 5.56 Å². The number of benzene rings is 2. The summed E-state index contributed by atoms with van der Waals surface area (Å²) in [6.07, 6.45) is 1.30. The Hall–Kier alpha value is -2.64. The smallest absolute Gasteiger partial charge is 0.285 e. The molecule has 0 unspecified atom stereocenters. The van der Waals surface area contributed by atoms with Crippen LogP contribution in [-0.4, -0.2) is 38.2 Å². The summed E-state index contributed by atoms with van der Waals surface area (Å²) in [5.74, 6) is 0.415. The molecule has 2 aromatic rings. The van der Waals surface area contributed by atoms with E-state index in [2.05, 4.69) is 9.71 Å². The summed E-state index contributed by atoms with van der Waals surface area (Å²) >= 11 is 5.95. The van der Waals surface area contributed by atoms with Crippen molar-refractivity contribution < 1.29 is 13.2 Å². The minimum absolute atomic E-state index is 0.0381. The topological polar surface area (TPSA) is 78.8 Å². The molecule has 1 atom stereocenters. The van der Waals surface area contributed by atoms with Gasteiger partial charge in [-0.05, 0) is 49.9 Å². The van der Waals surface area contributed by atoms with Crippen LogP contribution in [0.25, 0.3) is 4.91 Å². The fourth-order valence-corrected chi connectivity index (χ4v) is 5.90. The van der Waals surface area contributed by atoms with Crippen LogP contribution in [0.4, 0.5) is 0 Å². The molecule has 6 nitrogen and oxygen atoms in total. The van der Waals surface area contributed by atoms with Crippen molar-refractivity contribution in [1.29, 1.82) is 0 Å². The van der Waals surface area contributed by atoms with E-state index in [0.29, 0.717) is 47.9 Å². The minimum atomic E-state index is -3.77. The van der Waals surface area contributed by atoms with Gasteiger partial charge in [0.15, 0.2) is 0 Å². The highest BCUT2D eigenvalue weighted by atomic mass is 35.5. The van der Waals surface area contributed by atoms with Crippen LogP contribution in [0.15, 0.2) is 64.6 Å². The van der Waals surface area contributed by atoms with Crippen LogP contribution in [-0.2, 0) is 14.8 Å². The van der Waals surface area contributed by atoms with Crippen LogP contribution in [0.5, 0.6) is 0 Å². The lowest BCUT2D eigenvalue weighted by molar-refractivity contribution is -0.126. The van der Waals surface area contributed by atoms with Crippen LogP contribution >= 0.6 is 11.6 Å². The Morgan fingerprint density at radius 2 is 1.72 bits per heavy atom. The summed E-state index contributed by atoms with van der Waals surface area (Å²) in [5, 5.41) is 3.65. The van der Waals surface area contributed by atoms with Gasteiger partial charge in [0.2, 0.25) is 5.91 Å². The molecule has 0 spiro atoms. The van der Waals surface area contributed by atoms with Crippen molar-refractivity contribution in [3.05, 3.63) is 76.3 Å². The van der Waals surface area contributed by atoms with Gasteiger partial charge in [0.05, 0.1) is 6.04 Å². The van der Waals surface area contributed by atoms with Crippen LogP contribution in [0.2, 0.25) is 5.02 Å². The third-order valence-electron chi connectivity index (χ3n) is 6.07. The van der Waals surface area contributed by atoms with Crippen LogP contribution in [0, 0.1) is 5.92 Å². The molecular formula is C24H26ClN3O3S. The molecule has 2 aromatic carbocycles. The zero-order valence-electron chi connectivity index (χ0n) is 18.1.